The summed E-state index contributed by atoms with van der Waals surface area (Å²) >= 11 is 1.93. The molecule has 0 bridgehead atoms. The van der Waals surface area contributed by atoms with Gasteiger partial charge in [-0.05, 0) is 37.6 Å². The van der Waals surface area contributed by atoms with Crippen LogP contribution in [0.3, 0.4) is 0 Å². The van der Waals surface area contributed by atoms with E-state index in [0.717, 1.165) is 30.8 Å². The minimum Gasteiger partial charge on any atom is -0.313 e. The van der Waals surface area contributed by atoms with Gasteiger partial charge in [0.1, 0.15) is 0 Å². The molecule has 0 radical (unpaired) electrons. The van der Waals surface area contributed by atoms with E-state index in [0.29, 0.717) is 6.04 Å². The van der Waals surface area contributed by atoms with Gasteiger partial charge in [0.2, 0.25) is 0 Å². The van der Waals surface area contributed by atoms with E-state index in [-0.39, 0.29) is 0 Å². The fraction of sp³-hybridized carbons (Fsp3) is 0.471. The minimum absolute atomic E-state index is 0.462. The molecular weight excluding hydrogens is 278 g/mol. The number of nitrogens with zero attached hydrogens (tertiary/aromatic N) is 2. The Labute approximate surface area is 132 Å². The Kier molecular flexibility index (Phi) is 6.33. The molecule has 0 aliphatic heterocycles. The first-order chi connectivity index (χ1) is 10.2. The SMILES string of the molecule is CCCNC(CSc1ccccc1C)Cc1ccn(C)n1. The number of nitrogens with one attached hydrogen (secondary N) is 1. The van der Waals surface area contributed by atoms with Crippen LogP contribution in [0.5, 0.6) is 0 Å². The molecule has 0 spiro atoms. The maximum absolute atomic E-state index is 4.50. The van der Waals surface area contributed by atoms with Crippen LogP contribution in [0.25, 0.3) is 0 Å². The van der Waals surface area contributed by atoms with Crippen molar-refractivity contribution in [3.63, 3.8) is 0 Å². The van der Waals surface area contributed by atoms with Crippen molar-refractivity contribution < 1.29 is 0 Å². The number of aryl methyl sites for hydroxylation is 2. The predicted molar refractivity (Wildman–Crippen MR) is 90.9 cm³/mol. The fourth-order valence-electron chi connectivity index (χ4n) is 2.27. The average Bonchev–Trinajstić information content (AvgIpc) is 2.88. The summed E-state index contributed by atoms with van der Waals surface area (Å²) in [5, 5.41) is 8.15. The van der Waals surface area contributed by atoms with E-state index in [2.05, 4.69) is 54.6 Å². The third-order valence-electron chi connectivity index (χ3n) is 3.44. The number of hydrogen-bond donors (Lipinski definition) is 1. The van der Waals surface area contributed by atoms with Gasteiger partial charge in [-0.25, -0.2) is 0 Å². The summed E-state index contributed by atoms with van der Waals surface area (Å²) in [6, 6.07) is 11.2. The predicted octanol–water partition coefficient (Wildman–Crippen LogP) is 3.43. The van der Waals surface area contributed by atoms with Crippen molar-refractivity contribution >= 4 is 11.8 Å². The van der Waals surface area contributed by atoms with Crippen LogP contribution < -0.4 is 5.32 Å². The van der Waals surface area contributed by atoms with Gasteiger partial charge in [-0.2, -0.15) is 5.10 Å². The van der Waals surface area contributed by atoms with Crippen LogP contribution in [0.2, 0.25) is 0 Å². The molecule has 114 valence electrons. The minimum atomic E-state index is 0.462. The normalized spacial score (nSPS) is 12.5. The monoisotopic (exact) mass is 303 g/mol. The van der Waals surface area contributed by atoms with Crippen LogP contribution in [0, 0.1) is 6.92 Å². The molecule has 0 saturated heterocycles. The van der Waals surface area contributed by atoms with E-state index in [1.54, 1.807) is 0 Å². The fourth-order valence-corrected chi connectivity index (χ4v) is 3.36. The molecule has 1 aromatic carbocycles. The van der Waals surface area contributed by atoms with Gasteiger partial charge in [0.15, 0.2) is 0 Å². The van der Waals surface area contributed by atoms with Crippen LogP contribution >= 0.6 is 11.8 Å². The van der Waals surface area contributed by atoms with Crippen molar-refractivity contribution in [2.75, 3.05) is 12.3 Å². The lowest BCUT2D eigenvalue weighted by atomic mass is 10.2. The zero-order chi connectivity index (χ0) is 15.1. The Bertz CT molecular complexity index is 550. The third-order valence-corrected chi connectivity index (χ3v) is 4.78. The lowest BCUT2D eigenvalue weighted by Gasteiger charge is -2.17. The second-order valence-electron chi connectivity index (χ2n) is 5.41. The first-order valence-electron chi connectivity index (χ1n) is 7.59. The molecule has 21 heavy (non-hydrogen) atoms. The largest absolute Gasteiger partial charge is 0.313 e. The van der Waals surface area contributed by atoms with Crippen LogP contribution in [0.4, 0.5) is 0 Å². The van der Waals surface area contributed by atoms with Gasteiger partial charge >= 0.3 is 0 Å². The van der Waals surface area contributed by atoms with Gasteiger partial charge in [0, 0.05) is 36.4 Å². The van der Waals surface area contributed by atoms with Crippen molar-refractivity contribution in [1.29, 1.82) is 0 Å². The summed E-state index contributed by atoms with van der Waals surface area (Å²) in [5.74, 6) is 1.07. The Balaban J connectivity index is 1.94. The molecular formula is C17H25N3S. The molecule has 1 unspecified atom stereocenters. The first-order valence-corrected chi connectivity index (χ1v) is 8.58. The number of hydrogen-bond acceptors (Lipinski definition) is 3. The molecule has 1 atom stereocenters. The quantitative estimate of drug-likeness (QED) is 0.758. The van der Waals surface area contributed by atoms with Crippen molar-refractivity contribution in [2.24, 2.45) is 7.05 Å². The summed E-state index contributed by atoms with van der Waals surface area (Å²) < 4.78 is 1.88. The van der Waals surface area contributed by atoms with Gasteiger partial charge in [-0.15, -0.1) is 11.8 Å². The highest BCUT2D eigenvalue weighted by Gasteiger charge is 2.12. The molecule has 0 aliphatic carbocycles. The summed E-state index contributed by atoms with van der Waals surface area (Å²) in [6.45, 7) is 5.45. The maximum Gasteiger partial charge on any atom is 0.0640 e. The Morgan fingerprint density at radius 2 is 2.10 bits per heavy atom. The summed E-state index contributed by atoms with van der Waals surface area (Å²) in [7, 11) is 1.97. The van der Waals surface area contributed by atoms with Gasteiger partial charge in [-0.3, -0.25) is 4.68 Å². The highest BCUT2D eigenvalue weighted by molar-refractivity contribution is 7.99. The lowest BCUT2D eigenvalue weighted by molar-refractivity contribution is 0.541. The van der Waals surface area contributed by atoms with E-state index in [9.17, 15) is 0 Å². The summed E-state index contributed by atoms with van der Waals surface area (Å²) in [4.78, 5) is 1.38. The van der Waals surface area contributed by atoms with Gasteiger partial charge in [-0.1, -0.05) is 25.1 Å². The molecule has 0 aliphatic rings. The molecule has 3 nitrogen and oxygen atoms in total. The standard InChI is InChI=1S/C17H25N3S/c1-4-10-18-16(12-15-9-11-20(3)19-15)13-21-17-8-6-5-7-14(17)2/h5-9,11,16,18H,4,10,12-13H2,1-3H3. The van der Waals surface area contributed by atoms with Crippen molar-refractivity contribution in [3.05, 3.63) is 47.8 Å². The zero-order valence-electron chi connectivity index (χ0n) is 13.2. The van der Waals surface area contributed by atoms with E-state index in [1.165, 1.54) is 10.5 Å². The first kappa shape index (κ1) is 16.1. The average molecular weight is 303 g/mol. The molecule has 1 N–H and O–H groups in total. The number of rotatable bonds is 8. The van der Waals surface area contributed by atoms with E-state index >= 15 is 0 Å². The number of benzene rings is 1. The highest BCUT2D eigenvalue weighted by atomic mass is 32.2. The van der Waals surface area contributed by atoms with Crippen molar-refractivity contribution in [3.8, 4) is 0 Å². The summed E-state index contributed by atoms with van der Waals surface area (Å²) in [6.07, 6.45) is 4.16. The Morgan fingerprint density at radius 3 is 2.76 bits per heavy atom. The van der Waals surface area contributed by atoms with Crippen LogP contribution in [-0.4, -0.2) is 28.1 Å². The van der Waals surface area contributed by atoms with E-state index in [4.69, 9.17) is 0 Å². The molecule has 4 heteroatoms. The van der Waals surface area contributed by atoms with Gasteiger partial charge in [0.05, 0.1) is 5.69 Å². The van der Waals surface area contributed by atoms with Gasteiger partial charge < -0.3 is 5.32 Å². The molecule has 1 heterocycles. The smallest absolute Gasteiger partial charge is 0.0640 e. The maximum atomic E-state index is 4.50. The van der Waals surface area contributed by atoms with Crippen LogP contribution in [-0.2, 0) is 13.5 Å². The highest BCUT2D eigenvalue weighted by Crippen LogP contribution is 2.23. The number of thioether (sulfide) groups is 1. The molecule has 0 saturated carbocycles. The topological polar surface area (TPSA) is 29.9 Å². The van der Waals surface area contributed by atoms with Crippen LogP contribution in [0.15, 0.2) is 41.4 Å². The van der Waals surface area contributed by atoms with Crippen LogP contribution in [0.1, 0.15) is 24.6 Å². The third kappa shape index (κ3) is 5.21. The molecule has 2 aromatic rings. The van der Waals surface area contributed by atoms with E-state index in [1.807, 2.05) is 29.7 Å². The molecule has 0 fully saturated rings. The number of aromatic nitrogens is 2. The lowest BCUT2D eigenvalue weighted by Crippen LogP contribution is -2.34. The zero-order valence-corrected chi connectivity index (χ0v) is 14.0. The summed E-state index contributed by atoms with van der Waals surface area (Å²) in [5.41, 5.74) is 2.52. The second kappa shape index (κ2) is 8.25. The molecule has 0 amide bonds. The van der Waals surface area contributed by atoms with Gasteiger partial charge in [0.25, 0.3) is 0 Å². The molecule has 1 aromatic heterocycles. The van der Waals surface area contributed by atoms with E-state index < -0.39 is 0 Å². The van der Waals surface area contributed by atoms with Crippen molar-refractivity contribution in [1.82, 2.24) is 15.1 Å². The Morgan fingerprint density at radius 1 is 1.29 bits per heavy atom. The molecule has 2 rings (SSSR count). The second-order valence-corrected chi connectivity index (χ2v) is 6.47. The Hall–Kier alpha value is -1.26. The van der Waals surface area contributed by atoms with Crippen molar-refractivity contribution in [2.45, 2.75) is 37.6 Å².